The first-order valence-corrected chi connectivity index (χ1v) is 13.7. The topological polar surface area (TPSA) is 86.8 Å². The van der Waals surface area contributed by atoms with Crippen LogP contribution >= 0.6 is 11.8 Å². The molecule has 9 heteroatoms. The SMILES string of the molecule is CSc1cccc(NC(=O)C2CCCN(S(=O)(=O)c3ccc4c(c3)CC(C)N4C(C)=O)C2)c1. The van der Waals surface area contributed by atoms with Gasteiger partial charge in [0.2, 0.25) is 21.8 Å². The van der Waals surface area contributed by atoms with E-state index in [1.54, 1.807) is 34.9 Å². The second-order valence-corrected chi connectivity index (χ2v) is 11.5. The molecule has 33 heavy (non-hydrogen) atoms. The second-order valence-electron chi connectivity index (χ2n) is 8.66. The van der Waals surface area contributed by atoms with Crippen LogP contribution in [0.4, 0.5) is 11.4 Å². The largest absolute Gasteiger partial charge is 0.326 e. The fourth-order valence-electron chi connectivity index (χ4n) is 4.72. The second kappa shape index (κ2) is 9.48. The van der Waals surface area contributed by atoms with E-state index < -0.39 is 15.9 Å². The maximum atomic E-state index is 13.4. The van der Waals surface area contributed by atoms with Crippen LogP contribution in [0.15, 0.2) is 52.3 Å². The number of hydrogen-bond acceptors (Lipinski definition) is 5. The van der Waals surface area contributed by atoms with Crippen LogP contribution in [-0.2, 0) is 26.0 Å². The van der Waals surface area contributed by atoms with E-state index in [2.05, 4.69) is 5.32 Å². The number of sulfonamides is 1. The molecule has 176 valence electrons. The summed E-state index contributed by atoms with van der Waals surface area (Å²) in [5.74, 6) is -0.619. The third-order valence-electron chi connectivity index (χ3n) is 6.34. The van der Waals surface area contributed by atoms with Gasteiger partial charge in [-0.15, -0.1) is 11.8 Å². The molecule has 2 unspecified atom stereocenters. The summed E-state index contributed by atoms with van der Waals surface area (Å²) >= 11 is 1.60. The Morgan fingerprint density at radius 2 is 1.94 bits per heavy atom. The quantitative estimate of drug-likeness (QED) is 0.649. The summed E-state index contributed by atoms with van der Waals surface area (Å²) in [6.45, 7) is 4.02. The molecule has 4 rings (SSSR count). The number of hydrogen-bond donors (Lipinski definition) is 1. The molecule has 1 fully saturated rings. The number of benzene rings is 2. The molecule has 1 saturated heterocycles. The molecule has 1 N–H and O–H groups in total. The Balaban J connectivity index is 1.50. The molecule has 2 aromatic carbocycles. The predicted molar refractivity (Wildman–Crippen MR) is 131 cm³/mol. The number of fused-ring (bicyclic) bond motifs is 1. The van der Waals surface area contributed by atoms with Gasteiger partial charge in [0.25, 0.3) is 0 Å². The lowest BCUT2D eigenvalue weighted by Crippen LogP contribution is -2.43. The van der Waals surface area contributed by atoms with E-state index in [9.17, 15) is 18.0 Å². The van der Waals surface area contributed by atoms with Crippen LogP contribution in [0.25, 0.3) is 0 Å². The van der Waals surface area contributed by atoms with E-state index in [0.717, 1.165) is 21.8 Å². The molecule has 2 amide bonds. The summed E-state index contributed by atoms with van der Waals surface area (Å²) in [5.41, 5.74) is 2.35. The highest BCUT2D eigenvalue weighted by Gasteiger charge is 2.35. The van der Waals surface area contributed by atoms with Crippen molar-refractivity contribution in [3.05, 3.63) is 48.0 Å². The molecule has 2 aliphatic heterocycles. The van der Waals surface area contributed by atoms with Gasteiger partial charge in [-0.05, 0) is 74.4 Å². The molecule has 0 aromatic heterocycles. The molecule has 2 aliphatic rings. The van der Waals surface area contributed by atoms with Gasteiger partial charge >= 0.3 is 0 Å². The first kappa shape index (κ1) is 23.8. The summed E-state index contributed by atoms with van der Waals surface area (Å²) in [4.78, 5) is 27.8. The minimum atomic E-state index is -3.74. The van der Waals surface area contributed by atoms with Gasteiger partial charge in [0, 0.05) is 42.3 Å². The van der Waals surface area contributed by atoms with Crippen molar-refractivity contribution in [1.82, 2.24) is 4.31 Å². The lowest BCUT2D eigenvalue weighted by atomic mass is 9.99. The van der Waals surface area contributed by atoms with Crippen molar-refractivity contribution in [3.8, 4) is 0 Å². The molecular weight excluding hydrogens is 458 g/mol. The molecule has 0 spiro atoms. The van der Waals surface area contributed by atoms with Crippen molar-refractivity contribution in [2.45, 2.75) is 48.9 Å². The molecule has 0 aliphatic carbocycles. The number of carbonyl (C=O) groups excluding carboxylic acids is 2. The van der Waals surface area contributed by atoms with E-state index in [1.165, 1.54) is 11.2 Å². The summed E-state index contributed by atoms with van der Waals surface area (Å²) in [6.07, 6.45) is 3.87. The molecule has 0 bridgehead atoms. The standard InChI is InChI=1S/C24H29N3O4S2/c1-16-12-19-13-22(9-10-23(19)27(16)17(2)28)33(30,31)26-11-5-6-18(15-26)24(29)25-20-7-4-8-21(14-20)32-3/h4,7-10,13-14,16,18H,5-6,11-12,15H2,1-3H3,(H,25,29). The van der Waals surface area contributed by atoms with Gasteiger partial charge < -0.3 is 10.2 Å². The Hall–Kier alpha value is -2.36. The van der Waals surface area contributed by atoms with Gasteiger partial charge in [-0.1, -0.05) is 6.07 Å². The summed E-state index contributed by atoms with van der Waals surface area (Å²) < 4.78 is 28.2. The Bertz CT molecular complexity index is 1180. The number of carbonyl (C=O) groups is 2. The van der Waals surface area contributed by atoms with E-state index in [4.69, 9.17) is 0 Å². The normalized spacial score (nSPS) is 21.0. The van der Waals surface area contributed by atoms with Crippen molar-refractivity contribution in [3.63, 3.8) is 0 Å². The minimum Gasteiger partial charge on any atom is -0.326 e. The van der Waals surface area contributed by atoms with Crippen molar-refractivity contribution >= 4 is 45.0 Å². The summed E-state index contributed by atoms with van der Waals surface area (Å²) in [6, 6.07) is 12.6. The van der Waals surface area contributed by atoms with Crippen LogP contribution in [0.5, 0.6) is 0 Å². The van der Waals surface area contributed by atoms with Crippen molar-refractivity contribution in [2.24, 2.45) is 5.92 Å². The number of anilines is 2. The number of piperidine rings is 1. The number of amides is 2. The average Bonchev–Trinajstić information content (AvgIpc) is 3.14. The Kier molecular flexibility index (Phi) is 6.83. The van der Waals surface area contributed by atoms with Crippen molar-refractivity contribution < 1.29 is 18.0 Å². The molecule has 7 nitrogen and oxygen atoms in total. The van der Waals surface area contributed by atoms with Crippen LogP contribution in [0.3, 0.4) is 0 Å². The van der Waals surface area contributed by atoms with Gasteiger partial charge in [0.05, 0.1) is 10.8 Å². The van der Waals surface area contributed by atoms with Crippen LogP contribution in [-0.4, -0.2) is 49.9 Å². The first-order valence-electron chi connectivity index (χ1n) is 11.1. The fraction of sp³-hybridized carbons (Fsp3) is 0.417. The van der Waals surface area contributed by atoms with E-state index in [-0.39, 0.29) is 29.3 Å². The lowest BCUT2D eigenvalue weighted by Gasteiger charge is -2.31. The highest BCUT2D eigenvalue weighted by Crippen LogP contribution is 2.35. The number of nitrogens with zero attached hydrogens (tertiary/aromatic N) is 2. The highest BCUT2D eigenvalue weighted by molar-refractivity contribution is 7.98. The number of rotatable bonds is 5. The summed E-state index contributed by atoms with van der Waals surface area (Å²) in [5, 5.41) is 2.94. The number of nitrogens with one attached hydrogen (secondary N) is 1. The Labute approximate surface area is 199 Å². The van der Waals surface area contributed by atoms with E-state index in [0.29, 0.717) is 25.8 Å². The zero-order chi connectivity index (χ0) is 23.8. The Morgan fingerprint density at radius 3 is 2.67 bits per heavy atom. The maximum Gasteiger partial charge on any atom is 0.243 e. The molecular formula is C24H29N3O4S2. The zero-order valence-electron chi connectivity index (χ0n) is 19.1. The van der Waals surface area contributed by atoms with Crippen LogP contribution in [0.2, 0.25) is 0 Å². The van der Waals surface area contributed by atoms with Gasteiger partial charge in [-0.25, -0.2) is 8.42 Å². The Morgan fingerprint density at radius 1 is 1.15 bits per heavy atom. The smallest absolute Gasteiger partial charge is 0.243 e. The predicted octanol–water partition coefficient (Wildman–Crippen LogP) is 3.75. The summed E-state index contributed by atoms with van der Waals surface area (Å²) in [7, 11) is -3.74. The molecule has 2 atom stereocenters. The van der Waals surface area contributed by atoms with E-state index >= 15 is 0 Å². The zero-order valence-corrected chi connectivity index (χ0v) is 20.7. The van der Waals surface area contributed by atoms with Crippen LogP contribution < -0.4 is 10.2 Å². The van der Waals surface area contributed by atoms with Crippen LogP contribution in [0.1, 0.15) is 32.3 Å². The van der Waals surface area contributed by atoms with Gasteiger partial charge in [-0.3, -0.25) is 9.59 Å². The molecule has 2 aromatic rings. The first-order chi connectivity index (χ1) is 15.7. The van der Waals surface area contributed by atoms with Crippen molar-refractivity contribution in [2.75, 3.05) is 29.6 Å². The van der Waals surface area contributed by atoms with Gasteiger partial charge in [0.15, 0.2) is 0 Å². The maximum absolute atomic E-state index is 13.4. The highest BCUT2D eigenvalue weighted by atomic mass is 32.2. The van der Waals surface area contributed by atoms with Crippen molar-refractivity contribution in [1.29, 1.82) is 0 Å². The average molecular weight is 488 g/mol. The van der Waals surface area contributed by atoms with Crippen LogP contribution in [0, 0.1) is 5.92 Å². The molecule has 0 saturated carbocycles. The third kappa shape index (κ3) is 4.81. The van der Waals surface area contributed by atoms with E-state index in [1.807, 2.05) is 37.4 Å². The lowest BCUT2D eigenvalue weighted by molar-refractivity contribution is -0.121. The number of thioether (sulfide) groups is 1. The van der Waals surface area contributed by atoms with Gasteiger partial charge in [0.1, 0.15) is 0 Å². The molecule has 0 radical (unpaired) electrons. The monoisotopic (exact) mass is 487 g/mol. The fourth-order valence-corrected chi connectivity index (χ4v) is 6.75. The molecule has 2 heterocycles. The third-order valence-corrected chi connectivity index (χ3v) is 8.92. The van der Waals surface area contributed by atoms with Gasteiger partial charge in [-0.2, -0.15) is 4.31 Å². The minimum absolute atomic E-state index is 0.00290.